The fraction of sp³-hybridized carbons (Fsp3) is 0.524. The Hall–Kier alpha value is -1.95. The van der Waals surface area contributed by atoms with Crippen LogP contribution in [0.25, 0.3) is 11.5 Å². The first-order chi connectivity index (χ1) is 13.2. The average molecular weight is 389 g/mol. The van der Waals surface area contributed by atoms with Crippen molar-refractivity contribution in [1.82, 2.24) is 9.88 Å². The van der Waals surface area contributed by atoms with Gasteiger partial charge in [0.2, 0.25) is 11.8 Å². The van der Waals surface area contributed by atoms with Crippen LogP contribution in [0.5, 0.6) is 5.75 Å². The summed E-state index contributed by atoms with van der Waals surface area (Å²) in [5.41, 5.74) is 1.84. The van der Waals surface area contributed by atoms with Crippen molar-refractivity contribution in [1.29, 1.82) is 0 Å². The first kappa shape index (κ1) is 19.8. The monoisotopic (exact) mass is 388 g/mol. The Bertz CT molecular complexity index is 734. The van der Waals surface area contributed by atoms with E-state index in [4.69, 9.17) is 9.15 Å². The number of oxazole rings is 1. The summed E-state index contributed by atoms with van der Waals surface area (Å²) in [6, 6.07) is 7.76. The molecule has 0 bridgehead atoms. The zero-order valence-corrected chi connectivity index (χ0v) is 17.0. The van der Waals surface area contributed by atoms with Gasteiger partial charge in [-0.3, -0.25) is 4.79 Å². The molecular weight excluding hydrogens is 360 g/mol. The van der Waals surface area contributed by atoms with Crippen molar-refractivity contribution in [3.8, 4) is 17.2 Å². The third-order valence-corrected chi connectivity index (χ3v) is 5.66. The molecule has 2 aromatic rings. The summed E-state index contributed by atoms with van der Waals surface area (Å²) in [7, 11) is 0. The summed E-state index contributed by atoms with van der Waals surface area (Å²) in [6.45, 7) is 6.36. The van der Waals surface area contributed by atoms with Gasteiger partial charge in [-0.25, -0.2) is 4.98 Å². The topological polar surface area (TPSA) is 55.6 Å². The van der Waals surface area contributed by atoms with Gasteiger partial charge in [0, 0.05) is 24.4 Å². The molecule has 1 amide bonds. The second-order valence-electron chi connectivity index (χ2n) is 6.77. The summed E-state index contributed by atoms with van der Waals surface area (Å²) < 4.78 is 11.3. The van der Waals surface area contributed by atoms with Crippen LogP contribution in [0.2, 0.25) is 0 Å². The largest absolute Gasteiger partial charge is 0.494 e. The van der Waals surface area contributed by atoms with Crippen molar-refractivity contribution in [3.63, 3.8) is 0 Å². The highest BCUT2D eigenvalue weighted by molar-refractivity contribution is 7.99. The fourth-order valence-electron chi connectivity index (χ4n) is 3.19. The lowest BCUT2D eigenvalue weighted by Crippen LogP contribution is -2.33. The molecule has 6 heteroatoms. The predicted molar refractivity (Wildman–Crippen MR) is 109 cm³/mol. The van der Waals surface area contributed by atoms with Crippen molar-refractivity contribution in [3.05, 3.63) is 35.7 Å². The zero-order valence-electron chi connectivity index (χ0n) is 16.2. The van der Waals surface area contributed by atoms with Gasteiger partial charge in [0.15, 0.2) is 0 Å². The molecule has 27 heavy (non-hydrogen) atoms. The van der Waals surface area contributed by atoms with Gasteiger partial charge in [0.25, 0.3) is 0 Å². The molecule has 1 aromatic carbocycles. The Morgan fingerprint density at radius 2 is 1.89 bits per heavy atom. The van der Waals surface area contributed by atoms with Crippen LogP contribution >= 0.6 is 11.8 Å². The van der Waals surface area contributed by atoms with Crippen LogP contribution in [0.15, 0.2) is 28.7 Å². The van der Waals surface area contributed by atoms with Crippen molar-refractivity contribution in [2.24, 2.45) is 0 Å². The molecule has 1 aromatic heterocycles. The smallest absolute Gasteiger partial charge is 0.232 e. The molecule has 0 atom stereocenters. The van der Waals surface area contributed by atoms with E-state index in [1.54, 1.807) is 11.8 Å². The molecule has 0 unspecified atom stereocenters. The number of benzene rings is 1. The van der Waals surface area contributed by atoms with E-state index in [9.17, 15) is 4.79 Å². The Morgan fingerprint density at radius 1 is 1.19 bits per heavy atom. The molecule has 0 saturated carbocycles. The van der Waals surface area contributed by atoms with Crippen LogP contribution in [0, 0.1) is 6.92 Å². The van der Waals surface area contributed by atoms with Gasteiger partial charge < -0.3 is 14.1 Å². The number of rotatable bonds is 7. The average Bonchev–Trinajstić information content (AvgIpc) is 2.87. The number of hydrogen-bond donors (Lipinski definition) is 0. The van der Waals surface area contributed by atoms with E-state index in [2.05, 4.69) is 4.98 Å². The van der Waals surface area contributed by atoms with E-state index < -0.39 is 0 Å². The number of thioether (sulfide) groups is 1. The molecule has 1 fully saturated rings. The molecule has 0 radical (unpaired) electrons. The summed E-state index contributed by atoms with van der Waals surface area (Å²) in [5.74, 6) is 3.71. The van der Waals surface area contributed by atoms with E-state index >= 15 is 0 Å². The van der Waals surface area contributed by atoms with Crippen molar-refractivity contribution in [2.45, 2.75) is 45.3 Å². The molecule has 0 spiro atoms. The number of aryl methyl sites for hydroxylation is 1. The van der Waals surface area contributed by atoms with Gasteiger partial charge >= 0.3 is 0 Å². The highest BCUT2D eigenvalue weighted by Gasteiger charge is 2.17. The van der Waals surface area contributed by atoms with E-state index in [1.807, 2.05) is 43.0 Å². The minimum absolute atomic E-state index is 0.245. The van der Waals surface area contributed by atoms with E-state index in [0.29, 0.717) is 24.0 Å². The Morgan fingerprint density at radius 3 is 2.56 bits per heavy atom. The second-order valence-corrected chi connectivity index (χ2v) is 7.75. The minimum Gasteiger partial charge on any atom is -0.494 e. The Balaban J connectivity index is 1.54. The standard InChI is InChI=1S/C21H28N2O3S/c1-3-25-18-10-8-17(9-11-18)21-22-19(16(2)26-21)14-27-15-20(24)23-12-6-4-5-7-13-23/h8-11H,3-7,12-15H2,1-2H3. The maximum Gasteiger partial charge on any atom is 0.232 e. The molecule has 146 valence electrons. The van der Waals surface area contributed by atoms with Crippen molar-refractivity contribution >= 4 is 17.7 Å². The first-order valence-corrected chi connectivity index (χ1v) is 10.9. The molecule has 1 aliphatic rings. The molecule has 1 saturated heterocycles. The number of hydrogen-bond acceptors (Lipinski definition) is 5. The van der Waals surface area contributed by atoms with Gasteiger partial charge in [-0.2, -0.15) is 0 Å². The van der Waals surface area contributed by atoms with Gasteiger partial charge in [-0.1, -0.05) is 12.8 Å². The summed E-state index contributed by atoms with van der Waals surface area (Å²) in [4.78, 5) is 19.0. The van der Waals surface area contributed by atoms with Gasteiger partial charge in [0.05, 0.1) is 18.1 Å². The fourth-order valence-corrected chi connectivity index (χ4v) is 4.11. The van der Waals surface area contributed by atoms with Crippen LogP contribution in [-0.2, 0) is 10.5 Å². The highest BCUT2D eigenvalue weighted by atomic mass is 32.2. The van der Waals surface area contributed by atoms with E-state index in [0.717, 1.165) is 48.7 Å². The summed E-state index contributed by atoms with van der Waals surface area (Å²) >= 11 is 1.61. The lowest BCUT2D eigenvalue weighted by Gasteiger charge is -2.19. The third-order valence-electron chi connectivity index (χ3n) is 4.73. The number of aromatic nitrogens is 1. The van der Waals surface area contributed by atoms with Gasteiger partial charge in [0.1, 0.15) is 11.5 Å². The lowest BCUT2D eigenvalue weighted by molar-refractivity contribution is -0.128. The van der Waals surface area contributed by atoms with Crippen LogP contribution in [-0.4, -0.2) is 41.2 Å². The minimum atomic E-state index is 0.245. The number of carbonyl (C=O) groups excluding carboxylic acids is 1. The first-order valence-electron chi connectivity index (χ1n) is 9.72. The number of ether oxygens (including phenoxy) is 1. The lowest BCUT2D eigenvalue weighted by atomic mass is 10.2. The molecule has 0 N–H and O–H groups in total. The zero-order chi connectivity index (χ0) is 19.1. The number of nitrogens with zero attached hydrogens (tertiary/aromatic N) is 2. The van der Waals surface area contributed by atoms with Crippen LogP contribution < -0.4 is 4.74 Å². The molecule has 2 heterocycles. The number of amides is 1. The van der Waals surface area contributed by atoms with Crippen molar-refractivity contribution in [2.75, 3.05) is 25.4 Å². The Labute approximate surface area is 165 Å². The molecular formula is C21H28N2O3S. The SMILES string of the molecule is CCOc1ccc(-c2nc(CSCC(=O)N3CCCCCC3)c(C)o2)cc1. The molecule has 1 aliphatic heterocycles. The summed E-state index contributed by atoms with van der Waals surface area (Å²) in [6.07, 6.45) is 4.74. The number of carbonyl (C=O) groups is 1. The highest BCUT2D eigenvalue weighted by Crippen LogP contribution is 2.26. The van der Waals surface area contributed by atoms with Gasteiger partial charge in [-0.05, 0) is 51.0 Å². The maximum absolute atomic E-state index is 12.4. The van der Waals surface area contributed by atoms with Crippen LogP contribution in [0.1, 0.15) is 44.1 Å². The molecule has 0 aliphatic carbocycles. The molecule has 5 nitrogen and oxygen atoms in total. The normalized spacial score (nSPS) is 14.8. The van der Waals surface area contributed by atoms with Crippen LogP contribution in [0.3, 0.4) is 0 Å². The van der Waals surface area contributed by atoms with Gasteiger partial charge in [-0.15, -0.1) is 11.8 Å². The second kappa shape index (κ2) is 9.83. The quantitative estimate of drug-likeness (QED) is 0.689. The number of likely N-dealkylation sites (tertiary alicyclic amines) is 1. The van der Waals surface area contributed by atoms with Crippen LogP contribution in [0.4, 0.5) is 0 Å². The molecule has 3 rings (SSSR count). The van der Waals surface area contributed by atoms with E-state index in [-0.39, 0.29) is 5.91 Å². The predicted octanol–water partition coefficient (Wildman–Crippen LogP) is 4.68. The maximum atomic E-state index is 12.4. The third kappa shape index (κ3) is 5.51. The van der Waals surface area contributed by atoms with Crippen molar-refractivity contribution < 1.29 is 13.9 Å². The van der Waals surface area contributed by atoms with E-state index in [1.165, 1.54) is 12.8 Å². The summed E-state index contributed by atoms with van der Waals surface area (Å²) in [5, 5.41) is 0. The Kier molecular flexibility index (Phi) is 7.21.